The molecule has 1 aliphatic heterocycles. The molecule has 5 heteroatoms. The minimum absolute atomic E-state index is 0.105. The maximum atomic E-state index is 10.6. The summed E-state index contributed by atoms with van der Waals surface area (Å²) in [5, 5.41) is 9.38. The van der Waals surface area contributed by atoms with Crippen LogP contribution in [0.3, 0.4) is 0 Å². The Labute approximate surface area is 97.7 Å². The van der Waals surface area contributed by atoms with Gasteiger partial charge in [-0.15, -0.1) is 0 Å². The Bertz CT molecular complexity index is 376. The van der Waals surface area contributed by atoms with Gasteiger partial charge in [0.25, 0.3) is 0 Å². The number of carboxylic acids is 1. The molecule has 2 atom stereocenters. The maximum Gasteiger partial charge on any atom is 0.335 e. The smallest absolute Gasteiger partial charge is 0.335 e. The third kappa shape index (κ3) is 2.72. The summed E-state index contributed by atoms with van der Waals surface area (Å²) >= 11 is 5.75. The van der Waals surface area contributed by atoms with Crippen LogP contribution in [0.25, 0.3) is 0 Å². The molecule has 1 fully saturated rings. The Morgan fingerprint density at radius 1 is 1.44 bits per heavy atom. The highest BCUT2D eigenvalue weighted by Crippen LogP contribution is 2.18. The van der Waals surface area contributed by atoms with Gasteiger partial charge in [0.1, 0.15) is 0 Å². The summed E-state index contributed by atoms with van der Waals surface area (Å²) in [4.78, 5) is 10.6. The summed E-state index contributed by atoms with van der Waals surface area (Å²) in [5.74, 6) is -0.987. The Morgan fingerprint density at radius 2 is 2.12 bits per heavy atom. The molecule has 1 aromatic rings. The van der Waals surface area contributed by atoms with E-state index in [0.717, 1.165) is 5.56 Å². The second-order valence-corrected chi connectivity index (χ2v) is 3.99. The minimum atomic E-state index is -0.987. The fourth-order valence-electron chi connectivity index (χ4n) is 1.51. The highest BCUT2D eigenvalue weighted by molar-refractivity contribution is 6.30. The fourth-order valence-corrected chi connectivity index (χ4v) is 1.63. The molecule has 0 radical (unpaired) electrons. The van der Waals surface area contributed by atoms with Crippen LogP contribution in [-0.4, -0.2) is 30.1 Å². The van der Waals surface area contributed by atoms with Gasteiger partial charge in [-0.1, -0.05) is 23.7 Å². The highest BCUT2D eigenvalue weighted by Gasteiger charge is 2.31. The Morgan fingerprint density at radius 3 is 2.69 bits per heavy atom. The van der Waals surface area contributed by atoms with Crippen LogP contribution in [0.15, 0.2) is 24.3 Å². The number of halogens is 1. The lowest BCUT2D eigenvalue weighted by atomic mass is 10.1. The second-order valence-electron chi connectivity index (χ2n) is 3.56. The summed E-state index contributed by atoms with van der Waals surface area (Å²) in [5.41, 5.74) is 1.00. The van der Waals surface area contributed by atoms with Crippen LogP contribution in [0.5, 0.6) is 0 Å². The van der Waals surface area contributed by atoms with E-state index < -0.39 is 18.4 Å². The normalized spacial score (nSPS) is 24.6. The summed E-state index contributed by atoms with van der Waals surface area (Å²) in [7, 11) is 0. The van der Waals surface area contributed by atoms with Crippen LogP contribution < -0.4 is 0 Å². The number of aliphatic carboxylic acids is 1. The molecule has 2 rings (SSSR count). The average molecular weight is 243 g/mol. The molecule has 1 N–H and O–H groups in total. The van der Waals surface area contributed by atoms with E-state index in [1.165, 1.54) is 0 Å². The van der Waals surface area contributed by atoms with Crippen molar-refractivity contribution >= 4 is 17.6 Å². The molecule has 16 heavy (non-hydrogen) atoms. The van der Waals surface area contributed by atoms with Crippen LogP contribution in [0, 0.1) is 0 Å². The van der Waals surface area contributed by atoms with Gasteiger partial charge in [0, 0.05) is 11.4 Å². The van der Waals surface area contributed by atoms with Gasteiger partial charge in [0.2, 0.25) is 0 Å². The lowest BCUT2D eigenvalue weighted by Crippen LogP contribution is -2.23. The standard InChI is InChI=1S/C11H11ClO4/c12-8-3-1-7(2-4-8)5-10-15-6-9(16-10)11(13)14/h1-4,9-10H,5-6H2,(H,13,14). The number of hydrogen-bond donors (Lipinski definition) is 1. The zero-order valence-corrected chi connectivity index (χ0v) is 9.18. The van der Waals surface area contributed by atoms with Gasteiger partial charge in [0.05, 0.1) is 6.61 Å². The van der Waals surface area contributed by atoms with Crippen LogP contribution in [-0.2, 0) is 20.7 Å². The summed E-state index contributed by atoms with van der Waals surface area (Å²) in [6, 6.07) is 7.29. The van der Waals surface area contributed by atoms with Crippen molar-refractivity contribution in [3.8, 4) is 0 Å². The Kier molecular flexibility index (Phi) is 3.43. The summed E-state index contributed by atoms with van der Waals surface area (Å²) in [6.45, 7) is 0.105. The molecule has 0 aromatic heterocycles. The molecule has 1 aliphatic rings. The first-order chi connectivity index (χ1) is 7.65. The van der Waals surface area contributed by atoms with E-state index in [9.17, 15) is 4.79 Å². The largest absolute Gasteiger partial charge is 0.479 e. The van der Waals surface area contributed by atoms with Crippen molar-refractivity contribution in [1.82, 2.24) is 0 Å². The van der Waals surface area contributed by atoms with Gasteiger partial charge in [0.15, 0.2) is 12.4 Å². The second kappa shape index (κ2) is 4.82. The molecule has 1 heterocycles. The number of hydrogen-bond acceptors (Lipinski definition) is 3. The zero-order chi connectivity index (χ0) is 11.5. The topological polar surface area (TPSA) is 55.8 Å². The van der Waals surface area contributed by atoms with Crippen molar-refractivity contribution in [3.05, 3.63) is 34.9 Å². The van der Waals surface area contributed by atoms with Crippen molar-refractivity contribution in [2.45, 2.75) is 18.8 Å². The first-order valence-electron chi connectivity index (χ1n) is 4.89. The third-order valence-corrected chi connectivity index (χ3v) is 2.59. The predicted molar refractivity (Wildman–Crippen MR) is 57.4 cm³/mol. The molecule has 0 spiro atoms. The lowest BCUT2D eigenvalue weighted by molar-refractivity contribution is -0.150. The van der Waals surface area contributed by atoms with Gasteiger partial charge in [-0.05, 0) is 17.7 Å². The first kappa shape index (κ1) is 11.4. The van der Waals surface area contributed by atoms with Gasteiger partial charge in [-0.3, -0.25) is 0 Å². The quantitative estimate of drug-likeness (QED) is 0.877. The van der Waals surface area contributed by atoms with Gasteiger partial charge < -0.3 is 14.6 Å². The molecule has 0 amide bonds. The number of rotatable bonds is 3. The van der Waals surface area contributed by atoms with Crippen LogP contribution in [0.1, 0.15) is 5.56 Å². The molecule has 86 valence electrons. The molecule has 1 aromatic carbocycles. The number of carboxylic acid groups (broad SMARTS) is 1. The van der Waals surface area contributed by atoms with Gasteiger partial charge in [-0.2, -0.15) is 0 Å². The minimum Gasteiger partial charge on any atom is -0.479 e. The van der Waals surface area contributed by atoms with Crippen LogP contribution >= 0.6 is 11.6 Å². The van der Waals surface area contributed by atoms with E-state index >= 15 is 0 Å². The van der Waals surface area contributed by atoms with E-state index in [0.29, 0.717) is 11.4 Å². The number of benzene rings is 1. The highest BCUT2D eigenvalue weighted by atomic mass is 35.5. The van der Waals surface area contributed by atoms with Crippen molar-refractivity contribution in [3.63, 3.8) is 0 Å². The summed E-state index contributed by atoms with van der Waals surface area (Å²) in [6.07, 6.45) is -0.805. The molecule has 4 nitrogen and oxygen atoms in total. The Hall–Kier alpha value is -1.10. The van der Waals surface area contributed by atoms with Gasteiger partial charge >= 0.3 is 5.97 Å². The van der Waals surface area contributed by atoms with Crippen molar-refractivity contribution in [2.24, 2.45) is 0 Å². The molecular formula is C11H11ClO4. The van der Waals surface area contributed by atoms with E-state index in [1.807, 2.05) is 12.1 Å². The molecule has 0 aliphatic carbocycles. The molecule has 1 saturated heterocycles. The van der Waals surface area contributed by atoms with Crippen molar-refractivity contribution in [1.29, 1.82) is 0 Å². The van der Waals surface area contributed by atoms with E-state index in [-0.39, 0.29) is 6.61 Å². The maximum absolute atomic E-state index is 10.6. The monoisotopic (exact) mass is 242 g/mol. The SMILES string of the molecule is O=C(O)C1COC(Cc2ccc(Cl)cc2)O1. The van der Waals surface area contributed by atoms with E-state index in [1.54, 1.807) is 12.1 Å². The summed E-state index contributed by atoms with van der Waals surface area (Å²) < 4.78 is 10.4. The first-order valence-corrected chi connectivity index (χ1v) is 5.27. The third-order valence-electron chi connectivity index (χ3n) is 2.34. The zero-order valence-electron chi connectivity index (χ0n) is 8.43. The molecule has 0 bridgehead atoms. The average Bonchev–Trinajstić information content (AvgIpc) is 2.70. The van der Waals surface area contributed by atoms with Crippen molar-refractivity contribution in [2.75, 3.05) is 6.61 Å². The molecule has 0 saturated carbocycles. The van der Waals surface area contributed by atoms with Crippen LogP contribution in [0.4, 0.5) is 0 Å². The van der Waals surface area contributed by atoms with Gasteiger partial charge in [-0.25, -0.2) is 4.79 Å². The van der Waals surface area contributed by atoms with E-state index in [2.05, 4.69) is 0 Å². The number of carbonyl (C=O) groups is 1. The van der Waals surface area contributed by atoms with Crippen LogP contribution in [0.2, 0.25) is 5.02 Å². The predicted octanol–water partition coefficient (Wildman–Crippen LogP) is 1.71. The molecule has 2 unspecified atom stereocenters. The van der Waals surface area contributed by atoms with E-state index in [4.69, 9.17) is 26.2 Å². The molecular weight excluding hydrogens is 232 g/mol. The lowest BCUT2D eigenvalue weighted by Gasteiger charge is -2.09. The Balaban J connectivity index is 1.92. The van der Waals surface area contributed by atoms with Crippen molar-refractivity contribution < 1.29 is 19.4 Å². The number of ether oxygens (including phenoxy) is 2. The fraction of sp³-hybridized carbons (Fsp3) is 0.364.